The zero-order chi connectivity index (χ0) is 9.99. The lowest BCUT2D eigenvalue weighted by Crippen LogP contribution is -2.19. The molecule has 0 spiro atoms. The SMILES string of the molecule is CC(CCC(C)(C)C)S(=O)(=O)O. The summed E-state index contributed by atoms with van der Waals surface area (Å²) >= 11 is 0. The van der Waals surface area contributed by atoms with E-state index in [2.05, 4.69) is 0 Å². The van der Waals surface area contributed by atoms with Crippen LogP contribution in [0.15, 0.2) is 0 Å². The van der Waals surface area contributed by atoms with Crippen LogP contribution < -0.4 is 0 Å². The van der Waals surface area contributed by atoms with Crippen molar-refractivity contribution < 1.29 is 13.0 Å². The van der Waals surface area contributed by atoms with Crippen LogP contribution in [0.3, 0.4) is 0 Å². The Kier molecular flexibility index (Phi) is 3.72. The summed E-state index contributed by atoms with van der Waals surface area (Å²) in [5, 5.41) is -0.642. The van der Waals surface area contributed by atoms with Gasteiger partial charge in [-0.3, -0.25) is 4.55 Å². The summed E-state index contributed by atoms with van der Waals surface area (Å²) in [5.41, 5.74) is 0.124. The molecule has 0 aliphatic carbocycles. The Labute approximate surface area is 74.9 Å². The fraction of sp³-hybridized carbons (Fsp3) is 1.00. The van der Waals surface area contributed by atoms with Crippen LogP contribution in [-0.2, 0) is 10.1 Å². The van der Waals surface area contributed by atoms with Crippen LogP contribution in [0, 0.1) is 5.41 Å². The normalized spacial score (nSPS) is 16.1. The van der Waals surface area contributed by atoms with Crippen LogP contribution in [0.2, 0.25) is 0 Å². The molecule has 0 rings (SSSR count). The molecule has 0 aliphatic heterocycles. The molecule has 0 fully saturated rings. The van der Waals surface area contributed by atoms with Gasteiger partial charge in [-0.2, -0.15) is 8.42 Å². The minimum atomic E-state index is -3.83. The Balaban J connectivity index is 3.98. The summed E-state index contributed by atoms with van der Waals surface area (Å²) in [5.74, 6) is 0. The van der Waals surface area contributed by atoms with E-state index in [1.165, 1.54) is 6.92 Å². The van der Waals surface area contributed by atoms with E-state index in [1.54, 1.807) is 0 Å². The van der Waals surface area contributed by atoms with Crippen LogP contribution in [0.4, 0.5) is 0 Å². The van der Waals surface area contributed by atoms with Gasteiger partial charge in [-0.25, -0.2) is 0 Å². The summed E-state index contributed by atoms with van der Waals surface area (Å²) in [6.45, 7) is 7.66. The molecule has 12 heavy (non-hydrogen) atoms. The second kappa shape index (κ2) is 3.75. The van der Waals surface area contributed by atoms with Gasteiger partial charge in [0.15, 0.2) is 0 Å². The van der Waals surface area contributed by atoms with Crippen molar-refractivity contribution in [2.75, 3.05) is 0 Å². The topological polar surface area (TPSA) is 54.4 Å². The molecule has 1 N–H and O–H groups in total. The third-order valence-electron chi connectivity index (χ3n) is 1.81. The molecule has 0 heterocycles. The molecule has 0 bridgehead atoms. The lowest BCUT2D eigenvalue weighted by atomic mass is 9.90. The quantitative estimate of drug-likeness (QED) is 0.700. The first-order valence-corrected chi connectivity index (χ1v) is 5.59. The summed E-state index contributed by atoms with van der Waals surface area (Å²) in [6, 6.07) is 0. The summed E-state index contributed by atoms with van der Waals surface area (Å²) in [7, 11) is -3.83. The molecule has 0 aromatic carbocycles. The maximum absolute atomic E-state index is 10.6. The zero-order valence-corrected chi connectivity index (χ0v) is 8.98. The molecule has 0 aliphatic rings. The van der Waals surface area contributed by atoms with Crippen molar-refractivity contribution in [3.8, 4) is 0 Å². The fourth-order valence-corrected chi connectivity index (χ4v) is 1.20. The number of hydrogen-bond donors (Lipinski definition) is 1. The van der Waals surface area contributed by atoms with E-state index in [4.69, 9.17) is 4.55 Å². The third kappa shape index (κ3) is 5.55. The predicted molar refractivity (Wildman–Crippen MR) is 49.7 cm³/mol. The number of hydrogen-bond acceptors (Lipinski definition) is 2. The molecule has 1 unspecified atom stereocenters. The molecule has 0 saturated heterocycles. The highest BCUT2D eigenvalue weighted by molar-refractivity contribution is 7.86. The van der Waals surface area contributed by atoms with Crippen LogP contribution in [-0.4, -0.2) is 18.2 Å². The Morgan fingerprint density at radius 3 is 2.00 bits per heavy atom. The van der Waals surface area contributed by atoms with E-state index in [9.17, 15) is 8.42 Å². The molecule has 0 radical (unpaired) electrons. The summed E-state index contributed by atoms with van der Waals surface area (Å²) < 4.78 is 29.9. The molecule has 1 atom stereocenters. The highest BCUT2D eigenvalue weighted by Gasteiger charge is 2.20. The number of rotatable bonds is 3. The lowest BCUT2D eigenvalue weighted by molar-refractivity contribution is 0.358. The van der Waals surface area contributed by atoms with E-state index in [1.807, 2.05) is 20.8 Å². The maximum atomic E-state index is 10.6. The predicted octanol–water partition coefficient (Wildman–Crippen LogP) is 2.09. The second-order valence-corrected chi connectivity index (χ2v) is 6.26. The van der Waals surface area contributed by atoms with E-state index in [0.717, 1.165) is 6.42 Å². The van der Waals surface area contributed by atoms with Gasteiger partial charge in [0.25, 0.3) is 10.1 Å². The lowest BCUT2D eigenvalue weighted by Gasteiger charge is -2.19. The highest BCUT2D eigenvalue weighted by Crippen LogP contribution is 2.23. The maximum Gasteiger partial charge on any atom is 0.267 e. The van der Waals surface area contributed by atoms with Crippen LogP contribution >= 0.6 is 0 Å². The average molecular weight is 194 g/mol. The monoisotopic (exact) mass is 194 g/mol. The van der Waals surface area contributed by atoms with Crippen LogP contribution in [0.25, 0.3) is 0 Å². The standard InChI is InChI=1S/C8H18O3S/c1-7(12(9,10)11)5-6-8(2,3)4/h7H,5-6H2,1-4H3,(H,9,10,11). The van der Waals surface area contributed by atoms with Gasteiger partial charge >= 0.3 is 0 Å². The van der Waals surface area contributed by atoms with Crippen molar-refractivity contribution in [2.24, 2.45) is 5.41 Å². The van der Waals surface area contributed by atoms with Gasteiger partial charge in [-0.05, 0) is 25.2 Å². The molecule has 0 aromatic heterocycles. The third-order valence-corrected chi connectivity index (χ3v) is 3.06. The Bertz CT molecular complexity index is 223. The van der Waals surface area contributed by atoms with Gasteiger partial charge in [0.2, 0.25) is 0 Å². The Morgan fingerprint density at radius 1 is 1.33 bits per heavy atom. The Hall–Kier alpha value is -0.0900. The first-order valence-electron chi connectivity index (χ1n) is 4.09. The summed E-state index contributed by atoms with van der Waals surface area (Å²) in [6.07, 6.45) is 1.32. The van der Waals surface area contributed by atoms with Gasteiger partial charge in [-0.15, -0.1) is 0 Å². The van der Waals surface area contributed by atoms with E-state index in [-0.39, 0.29) is 5.41 Å². The van der Waals surface area contributed by atoms with Crippen LogP contribution in [0.1, 0.15) is 40.5 Å². The largest absolute Gasteiger partial charge is 0.285 e. The second-order valence-electron chi connectivity index (χ2n) is 4.42. The minimum absolute atomic E-state index is 0.124. The smallest absolute Gasteiger partial charge is 0.267 e. The first-order chi connectivity index (χ1) is 5.13. The van der Waals surface area contributed by atoms with Gasteiger partial charge < -0.3 is 0 Å². The molecule has 0 saturated carbocycles. The van der Waals surface area contributed by atoms with Crippen molar-refractivity contribution in [3.63, 3.8) is 0 Å². The fourth-order valence-electron chi connectivity index (χ4n) is 0.785. The minimum Gasteiger partial charge on any atom is -0.285 e. The molecule has 4 heteroatoms. The molecular formula is C8H18O3S. The van der Waals surface area contributed by atoms with E-state index >= 15 is 0 Å². The molecule has 3 nitrogen and oxygen atoms in total. The molecule has 74 valence electrons. The highest BCUT2D eigenvalue weighted by atomic mass is 32.2. The Morgan fingerprint density at radius 2 is 1.75 bits per heavy atom. The van der Waals surface area contributed by atoms with Crippen molar-refractivity contribution in [3.05, 3.63) is 0 Å². The van der Waals surface area contributed by atoms with Crippen LogP contribution in [0.5, 0.6) is 0 Å². The van der Waals surface area contributed by atoms with Gasteiger partial charge in [0.05, 0.1) is 5.25 Å². The zero-order valence-electron chi connectivity index (χ0n) is 8.16. The van der Waals surface area contributed by atoms with E-state index in [0.29, 0.717) is 6.42 Å². The van der Waals surface area contributed by atoms with Gasteiger partial charge in [-0.1, -0.05) is 20.8 Å². The molecular weight excluding hydrogens is 176 g/mol. The van der Waals surface area contributed by atoms with Crippen molar-refractivity contribution in [1.82, 2.24) is 0 Å². The molecule has 0 aromatic rings. The van der Waals surface area contributed by atoms with E-state index < -0.39 is 15.4 Å². The van der Waals surface area contributed by atoms with Gasteiger partial charge in [0, 0.05) is 0 Å². The first kappa shape index (κ1) is 11.9. The van der Waals surface area contributed by atoms with Crippen molar-refractivity contribution >= 4 is 10.1 Å². The summed E-state index contributed by atoms with van der Waals surface area (Å²) in [4.78, 5) is 0. The van der Waals surface area contributed by atoms with Gasteiger partial charge in [0.1, 0.15) is 0 Å². The van der Waals surface area contributed by atoms with Crippen molar-refractivity contribution in [2.45, 2.75) is 45.8 Å². The average Bonchev–Trinajstić information content (AvgIpc) is 1.78. The van der Waals surface area contributed by atoms with Crippen molar-refractivity contribution in [1.29, 1.82) is 0 Å². The molecule has 0 amide bonds.